The first kappa shape index (κ1) is 16.3. The van der Waals surface area contributed by atoms with Crippen LogP contribution in [0.5, 0.6) is 5.75 Å². The molecule has 0 fully saturated rings. The maximum absolute atomic E-state index is 10.8. The van der Waals surface area contributed by atoms with Crippen LogP contribution in [0.15, 0.2) is 46.2 Å². The Morgan fingerprint density at radius 3 is 2.83 bits per heavy atom. The van der Waals surface area contributed by atoms with E-state index in [4.69, 9.17) is 14.3 Å². The van der Waals surface area contributed by atoms with Crippen molar-refractivity contribution in [1.29, 1.82) is 0 Å². The van der Waals surface area contributed by atoms with Crippen LogP contribution in [-0.2, 0) is 6.61 Å². The normalized spacial score (nSPS) is 11.0. The van der Waals surface area contributed by atoms with Crippen molar-refractivity contribution in [3.63, 3.8) is 0 Å². The summed E-state index contributed by atoms with van der Waals surface area (Å²) in [5.41, 5.74) is 1.92. The van der Waals surface area contributed by atoms with E-state index in [0.717, 1.165) is 16.3 Å². The van der Waals surface area contributed by atoms with Crippen LogP contribution in [0.2, 0.25) is 0 Å². The van der Waals surface area contributed by atoms with Crippen molar-refractivity contribution in [3.05, 3.63) is 58.3 Å². The zero-order valence-corrected chi connectivity index (χ0v) is 14.2. The fourth-order valence-corrected chi connectivity index (χ4v) is 3.00. The van der Waals surface area contributed by atoms with Gasteiger partial charge in [0, 0.05) is 16.9 Å². The Bertz CT molecular complexity index is 850. The Balaban J connectivity index is 1.71. The topological polar surface area (TPSA) is 72.6 Å². The summed E-state index contributed by atoms with van der Waals surface area (Å²) in [5.74, 6) is 0.373. The third kappa shape index (κ3) is 3.65. The summed E-state index contributed by atoms with van der Waals surface area (Å²) >= 11 is 1.65. The summed E-state index contributed by atoms with van der Waals surface area (Å²) < 4.78 is 10.9. The first-order chi connectivity index (χ1) is 11.5. The summed E-state index contributed by atoms with van der Waals surface area (Å²) in [4.78, 5) is 15.4. The minimum Gasteiger partial charge on any atom is -0.486 e. The van der Waals surface area contributed by atoms with Crippen LogP contribution >= 0.6 is 11.3 Å². The average Bonchev–Trinajstić information content (AvgIpc) is 3.23. The lowest BCUT2D eigenvalue weighted by Crippen LogP contribution is -1.95. The van der Waals surface area contributed by atoms with Crippen molar-refractivity contribution < 1.29 is 19.1 Å². The molecule has 0 amide bonds. The summed E-state index contributed by atoms with van der Waals surface area (Å²) in [6, 6.07) is 10.7. The van der Waals surface area contributed by atoms with E-state index in [1.54, 1.807) is 17.4 Å². The Morgan fingerprint density at radius 2 is 2.17 bits per heavy atom. The number of thiazole rings is 1. The van der Waals surface area contributed by atoms with Gasteiger partial charge in [0.1, 0.15) is 18.1 Å². The van der Waals surface area contributed by atoms with Crippen molar-refractivity contribution in [2.45, 2.75) is 26.4 Å². The van der Waals surface area contributed by atoms with Crippen LogP contribution in [0.25, 0.3) is 11.3 Å². The fraction of sp³-hybridized carbons (Fsp3) is 0.222. The van der Waals surface area contributed by atoms with Crippen molar-refractivity contribution in [2.75, 3.05) is 0 Å². The van der Waals surface area contributed by atoms with Crippen LogP contribution in [0.3, 0.4) is 0 Å². The molecule has 24 heavy (non-hydrogen) atoms. The number of furan rings is 1. The highest BCUT2D eigenvalue weighted by Gasteiger charge is 2.10. The number of hydrogen-bond donors (Lipinski definition) is 1. The molecule has 6 heteroatoms. The van der Waals surface area contributed by atoms with Crippen molar-refractivity contribution in [2.24, 2.45) is 0 Å². The molecule has 0 saturated heterocycles. The fourth-order valence-electron chi connectivity index (χ4n) is 2.16. The summed E-state index contributed by atoms with van der Waals surface area (Å²) in [6.07, 6.45) is 0. The highest BCUT2D eigenvalue weighted by molar-refractivity contribution is 7.10. The molecule has 2 heterocycles. The zero-order valence-electron chi connectivity index (χ0n) is 13.4. The zero-order chi connectivity index (χ0) is 17.1. The third-order valence-electron chi connectivity index (χ3n) is 3.40. The van der Waals surface area contributed by atoms with Gasteiger partial charge in [0.2, 0.25) is 5.76 Å². The molecule has 1 aromatic carbocycles. The predicted octanol–water partition coefficient (Wildman–Crippen LogP) is 4.80. The van der Waals surface area contributed by atoms with E-state index in [2.05, 4.69) is 18.8 Å². The van der Waals surface area contributed by atoms with Crippen LogP contribution < -0.4 is 4.74 Å². The Hall–Kier alpha value is -2.60. The number of ether oxygens (including phenoxy) is 1. The first-order valence-corrected chi connectivity index (χ1v) is 8.41. The minimum atomic E-state index is -1.09. The molecule has 5 nitrogen and oxygen atoms in total. The molecule has 3 rings (SSSR count). The Kier molecular flexibility index (Phi) is 4.66. The van der Waals surface area contributed by atoms with Gasteiger partial charge in [0.05, 0.1) is 10.7 Å². The van der Waals surface area contributed by atoms with Crippen molar-refractivity contribution in [1.82, 2.24) is 4.98 Å². The highest BCUT2D eigenvalue weighted by Crippen LogP contribution is 2.28. The van der Waals surface area contributed by atoms with Crippen molar-refractivity contribution in [3.8, 4) is 17.0 Å². The lowest BCUT2D eigenvalue weighted by atomic mass is 10.1. The predicted molar refractivity (Wildman–Crippen MR) is 91.6 cm³/mol. The largest absolute Gasteiger partial charge is 0.486 e. The van der Waals surface area contributed by atoms with E-state index in [0.29, 0.717) is 17.4 Å². The molecule has 0 aliphatic carbocycles. The van der Waals surface area contributed by atoms with Crippen LogP contribution in [0.4, 0.5) is 0 Å². The van der Waals surface area contributed by atoms with Gasteiger partial charge in [-0.2, -0.15) is 0 Å². The van der Waals surface area contributed by atoms with Gasteiger partial charge in [-0.25, -0.2) is 9.78 Å². The summed E-state index contributed by atoms with van der Waals surface area (Å²) in [5, 5.41) is 12.0. The Labute approximate surface area is 143 Å². The molecular weight excluding hydrogens is 326 g/mol. The number of nitrogens with zero attached hydrogens (tertiary/aromatic N) is 1. The lowest BCUT2D eigenvalue weighted by molar-refractivity contribution is 0.0658. The van der Waals surface area contributed by atoms with E-state index in [-0.39, 0.29) is 12.4 Å². The van der Waals surface area contributed by atoms with Crippen LogP contribution in [-0.4, -0.2) is 16.1 Å². The average molecular weight is 343 g/mol. The van der Waals surface area contributed by atoms with Crippen molar-refractivity contribution >= 4 is 17.3 Å². The molecule has 3 aromatic rings. The second kappa shape index (κ2) is 6.88. The van der Waals surface area contributed by atoms with Gasteiger partial charge in [-0.1, -0.05) is 26.0 Å². The lowest BCUT2D eigenvalue weighted by Gasteiger charge is -2.06. The van der Waals surface area contributed by atoms with E-state index in [1.807, 2.05) is 29.6 Å². The monoisotopic (exact) mass is 343 g/mol. The van der Waals surface area contributed by atoms with Gasteiger partial charge in [-0.3, -0.25) is 0 Å². The molecule has 1 N–H and O–H groups in total. The van der Waals surface area contributed by atoms with E-state index in [9.17, 15) is 4.79 Å². The number of carbonyl (C=O) groups is 1. The SMILES string of the molecule is CC(C)c1nc(-c2cccc(OCc3ccc(C(=O)O)o3)c2)cs1. The number of carboxylic acids is 1. The van der Waals surface area contributed by atoms with Crippen LogP contribution in [0, 0.1) is 0 Å². The second-order valence-electron chi connectivity index (χ2n) is 5.61. The minimum absolute atomic E-state index is 0.0916. The highest BCUT2D eigenvalue weighted by atomic mass is 32.1. The number of hydrogen-bond acceptors (Lipinski definition) is 5. The number of carboxylic acid groups (broad SMARTS) is 1. The van der Waals surface area contributed by atoms with Gasteiger partial charge in [-0.05, 0) is 24.3 Å². The molecule has 0 bridgehead atoms. The molecule has 0 aliphatic rings. The molecule has 0 spiro atoms. The maximum Gasteiger partial charge on any atom is 0.371 e. The molecule has 0 radical (unpaired) electrons. The summed E-state index contributed by atoms with van der Waals surface area (Å²) in [6.45, 7) is 4.42. The second-order valence-corrected chi connectivity index (χ2v) is 6.50. The number of rotatable bonds is 6. The summed E-state index contributed by atoms with van der Waals surface area (Å²) in [7, 11) is 0. The Morgan fingerprint density at radius 1 is 1.33 bits per heavy atom. The number of aromatic nitrogens is 1. The molecule has 0 atom stereocenters. The quantitative estimate of drug-likeness (QED) is 0.696. The molecule has 0 aliphatic heterocycles. The standard InChI is InChI=1S/C18H17NO4S/c1-11(2)17-19-15(10-24-17)12-4-3-5-13(8-12)22-9-14-6-7-16(23-14)18(20)21/h3-8,10-11H,9H2,1-2H3,(H,20,21). The first-order valence-electron chi connectivity index (χ1n) is 7.53. The van der Waals surface area contributed by atoms with E-state index < -0.39 is 5.97 Å². The molecular formula is C18H17NO4S. The van der Waals surface area contributed by atoms with E-state index >= 15 is 0 Å². The van der Waals surface area contributed by atoms with Gasteiger partial charge in [-0.15, -0.1) is 11.3 Å². The van der Waals surface area contributed by atoms with Gasteiger partial charge in [0.15, 0.2) is 0 Å². The van der Waals surface area contributed by atoms with E-state index in [1.165, 1.54) is 6.07 Å². The van der Waals surface area contributed by atoms with Gasteiger partial charge < -0.3 is 14.3 Å². The maximum atomic E-state index is 10.8. The molecule has 124 valence electrons. The number of aromatic carboxylic acids is 1. The smallest absolute Gasteiger partial charge is 0.371 e. The third-order valence-corrected chi connectivity index (χ3v) is 4.54. The molecule has 0 saturated carbocycles. The van der Waals surface area contributed by atoms with Gasteiger partial charge in [0.25, 0.3) is 0 Å². The molecule has 0 unspecified atom stereocenters. The number of benzene rings is 1. The van der Waals surface area contributed by atoms with Crippen LogP contribution in [0.1, 0.15) is 41.1 Å². The molecule has 2 aromatic heterocycles. The van der Waals surface area contributed by atoms with Gasteiger partial charge >= 0.3 is 5.97 Å².